The van der Waals surface area contributed by atoms with Gasteiger partial charge in [0.25, 0.3) is 0 Å². The molecule has 0 aliphatic carbocycles. The van der Waals surface area contributed by atoms with E-state index < -0.39 is 33.1 Å². The molecule has 1 aromatic heterocycles. The molecule has 9 heteroatoms. The summed E-state index contributed by atoms with van der Waals surface area (Å²) in [7, 11) is -2.01. The highest BCUT2D eigenvalue weighted by Crippen LogP contribution is 2.39. The Morgan fingerprint density at radius 1 is 1.08 bits per heavy atom. The van der Waals surface area contributed by atoms with Gasteiger partial charge in [-0.3, -0.25) is 9.78 Å². The smallest absolute Gasteiger partial charge is 0.155 e. The van der Waals surface area contributed by atoms with Crippen molar-refractivity contribution >= 4 is 21.7 Å². The molecule has 0 aliphatic rings. The molecule has 2 N–H and O–H groups in total. The summed E-state index contributed by atoms with van der Waals surface area (Å²) in [5.74, 6) is -0.828. The predicted octanol–water partition coefficient (Wildman–Crippen LogP) is 5.00. The molecule has 1 heterocycles. The average Bonchev–Trinajstić information content (AvgIpc) is 2.82. The van der Waals surface area contributed by atoms with Crippen molar-refractivity contribution in [1.82, 2.24) is 4.98 Å². The van der Waals surface area contributed by atoms with Crippen molar-refractivity contribution in [2.45, 2.75) is 77.4 Å². The number of aromatic nitrogens is 1. The first kappa shape index (κ1) is 31.8. The van der Waals surface area contributed by atoms with Crippen LogP contribution in [0.4, 0.5) is 4.39 Å². The summed E-state index contributed by atoms with van der Waals surface area (Å²) in [6.45, 7) is 9.01. The van der Waals surface area contributed by atoms with Gasteiger partial charge in [0.05, 0.1) is 30.2 Å². The van der Waals surface area contributed by atoms with Gasteiger partial charge in [0, 0.05) is 43.3 Å². The lowest BCUT2D eigenvalue weighted by atomic mass is 9.88. The lowest BCUT2D eigenvalue weighted by molar-refractivity contribution is -0.124. The van der Waals surface area contributed by atoms with Crippen LogP contribution in [0.15, 0.2) is 30.3 Å². The number of carbonyl (C=O) groups is 1. The second kappa shape index (κ2) is 13.6. The molecule has 0 fully saturated rings. The van der Waals surface area contributed by atoms with E-state index in [-0.39, 0.29) is 37.1 Å². The Bertz CT molecular complexity index is 1240. The number of methoxy groups -OCH3 is 1. The molecule has 7 nitrogen and oxygen atoms in total. The van der Waals surface area contributed by atoms with Gasteiger partial charge in [-0.25, -0.2) is 12.8 Å². The number of halogens is 1. The number of ketones is 1. The molecule has 2 aromatic rings. The lowest BCUT2D eigenvalue weighted by Crippen LogP contribution is -2.21. The maximum Gasteiger partial charge on any atom is 0.155 e. The number of benzene rings is 1. The second-order valence-corrected chi connectivity index (χ2v) is 12.7. The van der Waals surface area contributed by atoms with Crippen LogP contribution in [0.3, 0.4) is 0 Å². The molecule has 2 rings (SSSR count). The molecule has 0 saturated carbocycles. The van der Waals surface area contributed by atoms with Crippen molar-refractivity contribution in [3.05, 3.63) is 58.7 Å². The Hall–Kier alpha value is -2.46. The molecule has 38 heavy (non-hydrogen) atoms. The standard InChI is InChI=1S/C29H40FNO6S/c1-17(2)26(34)15-23(33)14-22(32)12-13-24-27(20-8-10-21(30)11-9-20)25(16-37-6)29(19(5)38(7,35)36)31-28(24)18(3)4/h8-13,17-19,22-23,32-33H,14-16H2,1-7H3/b13-12+. The summed E-state index contributed by atoms with van der Waals surface area (Å²) in [4.78, 5) is 16.8. The Balaban J connectivity index is 2.73. The first-order valence-electron chi connectivity index (χ1n) is 12.7. The number of carbonyl (C=O) groups excluding carboxylic acids is 1. The Labute approximate surface area is 225 Å². The molecule has 210 valence electrons. The third kappa shape index (κ3) is 8.27. The number of ether oxygens (including phenoxy) is 1. The minimum absolute atomic E-state index is 0.0284. The zero-order valence-corrected chi connectivity index (χ0v) is 24.0. The van der Waals surface area contributed by atoms with E-state index in [0.717, 1.165) is 6.26 Å². The predicted molar refractivity (Wildman–Crippen MR) is 148 cm³/mol. The van der Waals surface area contributed by atoms with Crippen LogP contribution in [-0.2, 0) is 26.0 Å². The number of hydrogen-bond acceptors (Lipinski definition) is 7. The Kier molecular flexibility index (Phi) is 11.3. The number of rotatable bonds is 13. The number of aliphatic hydroxyl groups is 2. The third-order valence-electron chi connectivity index (χ3n) is 6.47. The molecule has 3 atom stereocenters. The first-order chi connectivity index (χ1) is 17.7. The van der Waals surface area contributed by atoms with Gasteiger partial charge < -0.3 is 14.9 Å². The fourth-order valence-corrected chi connectivity index (χ4v) is 4.78. The largest absolute Gasteiger partial charge is 0.393 e. The first-order valence-corrected chi connectivity index (χ1v) is 14.7. The Morgan fingerprint density at radius 2 is 1.68 bits per heavy atom. The van der Waals surface area contributed by atoms with Crippen LogP contribution in [0.2, 0.25) is 0 Å². The maximum atomic E-state index is 13.8. The van der Waals surface area contributed by atoms with Crippen LogP contribution < -0.4 is 0 Å². The van der Waals surface area contributed by atoms with E-state index >= 15 is 0 Å². The van der Waals surface area contributed by atoms with Gasteiger partial charge in [0.2, 0.25) is 0 Å². The molecule has 0 saturated heterocycles. The average molecular weight is 550 g/mol. The van der Waals surface area contributed by atoms with E-state index in [2.05, 4.69) is 0 Å². The van der Waals surface area contributed by atoms with Crippen LogP contribution in [-0.4, -0.2) is 55.0 Å². The van der Waals surface area contributed by atoms with Crippen LogP contribution >= 0.6 is 0 Å². The number of hydrogen-bond donors (Lipinski definition) is 2. The molecule has 3 unspecified atom stereocenters. The van der Waals surface area contributed by atoms with E-state index in [1.54, 1.807) is 39.0 Å². The van der Waals surface area contributed by atoms with Gasteiger partial charge in [-0.15, -0.1) is 0 Å². The second-order valence-electron chi connectivity index (χ2n) is 10.4. The van der Waals surface area contributed by atoms with Crippen molar-refractivity contribution < 1.29 is 32.6 Å². The topological polar surface area (TPSA) is 114 Å². The molecular formula is C29H40FNO6S. The minimum Gasteiger partial charge on any atom is -0.393 e. The number of sulfone groups is 1. The fraction of sp³-hybridized carbons (Fsp3) is 0.517. The van der Waals surface area contributed by atoms with Crippen LogP contribution in [0, 0.1) is 11.7 Å². The number of Topliss-reactive ketones (excluding diaryl/α,β-unsaturated/α-hetero) is 1. The number of nitrogens with zero attached hydrogens (tertiary/aromatic N) is 1. The summed E-state index contributed by atoms with van der Waals surface area (Å²) in [5.41, 5.74) is 3.43. The van der Waals surface area contributed by atoms with Crippen molar-refractivity contribution in [3.63, 3.8) is 0 Å². The third-order valence-corrected chi connectivity index (χ3v) is 7.98. The highest BCUT2D eigenvalue weighted by atomic mass is 32.2. The van der Waals surface area contributed by atoms with Crippen molar-refractivity contribution in [3.8, 4) is 11.1 Å². The monoisotopic (exact) mass is 549 g/mol. The molecular weight excluding hydrogens is 509 g/mol. The van der Waals surface area contributed by atoms with Crippen LogP contribution in [0.1, 0.15) is 81.1 Å². The molecule has 0 radical (unpaired) electrons. The molecule has 0 spiro atoms. The van der Waals surface area contributed by atoms with Gasteiger partial charge >= 0.3 is 0 Å². The van der Waals surface area contributed by atoms with Gasteiger partial charge in [-0.2, -0.15) is 0 Å². The van der Waals surface area contributed by atoms with Crippen molar-refractivity contribution in [2.24, 2.45) is 5.92 Å². The molecule has 0 bridgehead atoms. The van der Waals surface area contributed by atoms with E-state index in [1.807, 2.05) is 13.8 Å². The summed E-state index contributed by atoms with van der Waals surface area (Å²) in [6.07, 6.45) is 2.25. The van der Waals surface area contributed by atoms with E-state index in [9.17, 15) is 27.8 Å². The summed E-state index contributed by atoms with van der Waals surface area (Å²) in [6, 6.07) is 5.87. The fourth-order valence-electron chi connectivity index (χ4n) is 4.18. The summed E-state index contributed by atoms with van der Waals surface area (Å²) < 4.78 is 44.4. The maximum absolute atomic E-state index is 13.8. The lowest BCUT2D eigenvalue weighted by Gasteiger charge is -2.24. The van der Waals surface area contributed by atoms with Crippen molar-refractivity contribution in [1.29, 1.82) is 0 Å². The zero-order valence-electron chi connectivity index (χ0n) is 23.2. The quantitative estimate of drug-likeness (QED) is 0.361. The molecule has 0 amide bonds. The highest BCUT2D eigenvalue weighted by molar-refractivity contribution is 7.90. The van der Waals surface area contributed by atoms with E-state index in [4.69, 9.17) is 9.72 Å². The van der Waals surface area contributed by atoms with Gasteiger partial charge in [-0.1, -0.05) is 52.0 Å². The summed E-state index contributed by atoms with van der Waals surface area (Å²) >= 11 is 0. The normalized spacial score (nSPS) is 14.8. The zero-order chi connectivity index (χ0) is 28.8. The highest BCUT2D eigenvalue weighted by Gasteiger charge is 2.28. The van der Waals surface area contributed by atoms with E-state index in [1.165, 1.54) is 25.3 Å². The van der Waals surface area contributed by atoms with Crippen molar-refractivity contribution in [2.75, 3.05) is 13.4 Å². The van der Waals surface area contributed by atoms with E-state index in [0.29, 0.717) is 33.6 Å². The van der Waals surface area contributed by atoms with Crippen LogP contribution in [0.25, 0.3) is 17.2 Å². The molecule has 1 aromatic carbocycles. The minimum atomic E-state index is -3.50. The number of aliphatic hydroxyl groups excluding tert-OH is 2. The SMILES string of the molecule is COCc1c(C(C)S(C)(=O)=O)nc(C(C)C)c(/C=C/C(O)CC(O)CC(=O)C(C)C)c1-c1ccc(F)cc1. The van der Waals surface area contributed by atoms with Crippen LogP contribution in [0.5, 0.6) is 0 Å². The molecule has 0 aliphatic heterocycles. The van der Waals surface area contributed by atoms with Gasteiger partial charge in [0.1, 0.15) is 16.9 Å². The summed E-state index contributed by atoms with van der Waals surface area (Å²) in [5, 5.41) is 20.0. The van der Waals surface area contributed by atoms with Gasteiger partial charge in [-0.05, 0) is 36.1 Å². The number of pyridine rings is 1. The Morgan fingerprint density at radius 3 is 2.18 bits per heavy atom. The van der Waals surface area contributed by atoms with Gasteiger partial charge in [0.15, 0.2) is 9.84 Å².